The number of phenols is 1. The van der Waals surface area contributed by atoms with Crippen molar-refractivity contribution in [2.75, 3.05) is 5.73 Å². The summed E-state index contributed by atoms with van der Waals surface area (Å²) in [5, 5.41) is 13.4. The number of hydrogen-bond donors (Lipinski definition) is 2. The molecule has 1 aromatic carbocycles. The Kier molecular flexibility index (Phi) is 1.98. The van der Waals surface area contributed by atoms with Gasteiger partial charge in [-0.3, -0.25) is 0 Å². The molecule has 0 spiro atoms. The minimum Gasteiger partial charge on any atom is -0.508 e. The molecule has 2 aromatic heterocycles. The molecule has 0 radical (unpaired) electrons. The Bertz CT molecular complexity index is 673. The van der Waals surface area contributed by atoms with E-state index in [1.165, 1.54) is 0 Å². The lowest BCUT2D eigenvalue weighted by atomic mass is 10.1. The van der Waals surface area contributed by atoms with E-state index in [0.717, 1.165) is 16.8 Å². The number of benzene rings is 1. The van der Waals surface area contributed by atoms with E-state index in [0.29, 0.717) is 5.69 Å². The van der Waals surface area contributed by atoms with Crippen LogP contribution in [0.5, 0.6) is 5.75 Å². The quantitative estimate of drug-likeness (QED) is 0.662. The van der Waals surface area contributed by atoms with Gasteiger partial charge in [0.1, 0.15) is 5.75 Å². The van der Waals surface area contributed by atoms with Crippen LogP contribution in [0.25, 0.3) is 16.8 Å². The van der Waals surface area contributed by atoms with Gasteiger partial charge in [-0.2, -0.15) is 5.10 Å². The maximum Gasteiger partial charge on any atom is 0.162 e. The second-order valence-electron chi connectivity index (χ2n) is 3.76. The van der Waals surface area contributed by atoms with Crippen LogP contribution in [0.1, 0.15) is 0 Å². The standard InChI is InChI=1S/C12H10N4O/c13-9-5-14-12-11(6-15-16(12)7-9)8-1-3-10(17)4-2-8/h1-7,17H,13H2. The molecular weight excluding hydrogens is 216 g/mol. The lowest BCUT2D eigenvalue weighted by Gasteiger charge is -1.99. The SMILES string of the molecule is Nc1cnc2c(-c3ccc(O)cc3)cnn2c1. The van der Waals surface area contributed by atoms with Gasteiger partial charge in [0.05, 0.1) is 24.3 Å². The number of hydrogen-bond acceptors (Lipinski definition) is 4. The summed E-state index contributed by atoms with van der Waals surface area (Å²) < 4.78 is 1.64. The molecule has 0 saturated carbocycles. The Morgan fingerprint density at radius 1 is 1.12 bits per heavy atom. The molecule has 3 rings (SSSR count). The van der Waals surface area contributed by atoms with Crippen LogP contribution >= 0.6 is 0 Å². The van der Waals surface area contributed by atoms with Crippen molar-refractivity contribution in [3.05, 3.63) is 42.9 Å². The Labute approximate surface area is 97.1 Å². The van der Waals surface area contributed by atoms with E-state index >= 15 is 0 Å². The number of nitrogens with two attached hydrogens (primary N) is 1. The maximum atomic E-state index is 9.25. The van der Waals surface area contributed by atoms with Gasteiger partial charge >= 0.3 is 0 Å². The van der Waals surface area contributed by atoms with Crippen LogP contribution in [0.4, 0.5) is 5.69 Å². The third-order valence-electron chi connectivity index (χ3n) is 2.55. The van der Waals surface area contributed by atoms with Gasteiger partial charge in [0.15, 0.2) is 5.65 Å². The molecule has 5 heteroatoms. The van der Waals surface area contributed by atoms with Crippen molar-refractivity contribution in [3.63, 3.8) is 0 Å². The van der Waals surface area contributed by atoms with Crippen LogP contribution in [-0.2, 0) is 0 Å². The predicted octanol–water partition coefficient (Wildman–Crippen LogP) is 1.68. The van der Waals surface area contributed by atoms with E-state index in [-0.39, 0.29) is 5.75 Å². The second-order valence-corrected chi connectivity index (χ2v) is 3.76. The largest absolute Gasteiger partial charge is 0.508 e. The first kappa shape index (κ1) is 9.65. The van der Waals surface area contributed by atoms with Crippen LogP contribution in [0.15, 0.2) is 42.9 Å². The third-order valence-corrected chi connectivity index (χ3v) is 2.55. The lowest BCUT2D eigenvalue weighted by Crippen LogP contribution is -1.94. The lowest BCUT2D eigenvalue weighted by molar-refractivity contribution is 0.475. The zero-order valence-electron chi connectivity index (χ0n) is 8.91. The zero-order chi connectivity index (χ0) is 11.8. The van der Waals surface area contributed by atoms with E-state index < -0.39 is 0 Å². The molecule has 17 heavy (non-hydrogen) atoms. The van der Waals surface area contributed by atoms with Crippen LogP contribution in [0, 0.1) is 0 Å². The van der Waals surface area contributed by atoms with E-state index in [1.54, 1.807) is 35.2 Å². The van der Waals surface area contributed by atoms with Gasteiger partial charge in [-0.25, -0.2) is 9.50 Å². The fraction of sp³-hybridized carbons (Fsp3) is 0. The maximum absolute atomic E-state index is 9.25. The van der Waals surface area contributed by atoms with E-state index in [1.807, 2.05) is 12.1 Å². The summed E-state index contributed by atoms with van der Waals surface area (Å²) in [5.74, 6) is 0.238. The summed E-state index contributed by atoms with van der Waals surface area (Å²) >= 11 is 0. The van der Waals surface area contributed by atoms with E-state index in [2.05, 4.69) is 10.1 Å². The molecule has 0 saturated heterocycles. The molecule has 84 valence electrons. The van der Waals surface area contributed by atoms with Gasteiger partial charge in [-0.15, -0.1) is 0 Å². The summed E-state index contributed by atoms with van der Waals surface area (Å²) in [6.45, 7) is 0. The molecule has 3 N–H and O–H groups in total. The number of aromatic hydroxyl groups is 1. The first-order chi connectivity index (χ1) is 8.24. The summed E-state index contributed by atoms with van der Waals surface area (Å²) in [7, 11) is 0. The Hall–Kier alpha value is -2.56. The van der Waals surface area contributed by atoms with Crippen molar-refractivity contribution in [2.24, 2.45) is 0 Å². The molecule has 0 bridgehead atoms. The predicted molar refractivity (Wildman–Crippen MR) is 64.5 cm³/mol. The highest BCUT2D eigenvalue weighted by atomic mass is 16.3. The number of nitrogens with zero attached hydrogens (tertiary/aromatic N) is 3. The number of anilines is 1. The minimum absolute atomic E-state index is 0.238. The van der Waals surface area contributed by atoms with Crippen molar-refractivity contribution in [1.82, 2.24) is 14.6 Å². The molecule has 0 unspecified atom stereocenters. The van der Waals surface area contributed by atoms with Gasteiger partial charge < -0.3 is 10.8 Å². The minimum atomic E-state index is 0.238. The van der Waals surface area contributed by atoms with Crippen LogP contribution < -0.4 is 5.73 Å². The molecule has 0 amide bonds. The van der Waals surface area contributed by atoms with Gasteiger partial charge in [0.25, 0.3) is 0 Å². The average Bonchev–Trinajstić information content (AvgIpc) is 2.73. The van der Waals surface area contributed by atoms with Gasteiger partial charge in [-0.1, -0.05) is 12.1 Å². The molecule has 0 aliphatic rings. The Balaban J connectivity index is 2.21. The smallest absolute Gasteiger partial charge is 0.162 e. The van der Waals surface area contributed by atoms with Gasteiger partial charge in [0.2, 0.25) is 0 Å². The highest BCUT2D eigenvalue weighted by Gasteiger charge is 2.07. The highest BCUT2D eigenvalue weighted by molar-refractivity contribution is 5.77. The first-order valence-corrected chi connectivity index (χ1v) is 5.12. The van der Waals surface area contributed by atoms with Crippen LogP contribution in [0.3, 0.4) is 0 Å². The normalized spacial score (nSPS) is 10.8. The topological polar surface area (TPSA) is 76.4 Å². The van der Waals surface area contributed by atoms with Gasteiger partial charge in [-0.05, 0) is 17.7 Å². The molecule has 0 fully saturated rings. The number of fused-ring (bicyclic) bond motifs is 1. The van der Waals surface area contributed by atoms with Crippen LogP contribution in [0.2, 0.25) is 0 Å². The fourth-order valence-corrected chi connectivity index (χ4v) is 1.73. The molecule has 0 atom stereocenters. The van der Waals surface area contributed by atoms with Gasteiger partial charge in [0, 0.05) is 5.56 Å². The second kappa shape index (κ2) is 3.48. The number of nitrogen functional groups attached to an aromatic ring is 1. The molecule has 3 aromatic rings. The Morgan fingerprint density at radius 3 is 2.65 bits per heavy atom. The summed E-state index contributed by atoms with van der Waals surface area (Å²) in [5.41, 5.74) is 8.80. The molecule has 5 nitrogen and oxygen atoms in total. The summed E-state index contributed by atoms with van der Waals surface area (Å²) in [6, 6.07) is 6.92. The average molecular weight is 226 g/mol. The summed E-state index contributed by atoms with van der Waals surface area (Å²) in [6.07, 6.45) is 5.04. The molecular formula is C12H10N4O. The number of rotatable bonds is 1. The number of aromatic nitrogens is 3. The van der Waals surface area contributed by atoms with E-state index in [9.17, 15) is 5.11 Å². The molecule has 2 heterocycles. The summed E-state index contributed by atoms with van der Waals surface area (Å²) in [4.78, 5) is 4.25. The fourth-order valence-electron chi connectivity index (χ4n) is 1.73. The zero-order valence-corrected chi connectivity index (χ0v) is 8.91. The van der Waals surface area contributed by atoms with Crippen molar-refractivity contribution in [1.29, 1.82) is 0 Å². The van der Waals surface area contributed by atoms with Crippen LogP contribution in [-0.4, -0.2) is 19.7 Å². The third kappa shape index (κ3) is 1.57. The molecule has 0 aliphatic heterocycles. The Morgan fingerprint density at radius 2 is 1.88 bits per heavy atom. The molecule has 0 aliphatic carbocycles. The first-order valence-electron chi connectivity index (χ1n) is 5.12. The van der Waals surface area contributed by atoms with Crippen molar-refractivity contribution < 1.29 is 5.11 Å². The van der Waals surface area contributed by atoms with Crippen molar-refractivity contribution in [2.45, 2.75) is 0 Å². The van der Waals surface area contributed by atoms with Crippen molar-refractivity contribution in [3.8, 4) is 16.9 Å². The monoisotopic (exact) mass is 226 g/mol. The number of phenolic OH excluding ortho intramolecular Hbond substituents is 1. The van der Waals surface area contributed by atoms with E-state index in [4.69, 9.17) is 5.73 Å². The van der Waals surface area contributed by atoms with Crippen molar-refractivity contribution >= 4 is 11.3 Å². The highest BCUT2D eigenvalue weighted by Crippen LogP contribution is 2.25.